The summed E-state index contributed by atoms with van der Waals surface area (Å²) in [6.45, 7) is 7.80. The molecule has 0 aliphatic carbocycles. The first-order valence-corrected chi connectivity index (χ1v) is 9.45. The minimum absolute atomic E-state index is 0.192. The molecule has 1 aliphatic heterocycles. The summed E-state index contributed by atoms with van der Waals surface area (Å²) in [7, 11) is 0. The molecule has 0 saturated carbocycles. The monoisotopic (exact) mass is 370 g/mol. The number of benzene rings is 2. The van der Waals surface area contributed by atoms with Gasteiger partial charge in [-0.05, 0) is 56.3 Å². The molecular weight excluding hydrogens is 346 g/mol. The number of piperazine rings is 1. The lowest BCUT2D eigenvalue weighted by atomic mass is 10.2. The van der Waals surface area contributed by atoms with Crippen LogP contribution in [0.25, 0.3) is 11.0 Å². The zero-order chi connectivity index (χ0) is 18.8. The number of imidazole rings is 1. The maximum atomic E-state index is 13.4. The van der Waals surface area contributed by atoms with Gasteiger partial charge >= 0.3 is 0 Å². The number of aryl methyl sites for hydroxylation is 2. The Morgan fingerprint density at radius 1 is 0.889 bits per heavy atom. The van der Waals surface area contributed by atoms with Gasteiger partial charge in [0.2, 0.25) is 0 Å². The molecule has 1 fully saturated rings. The lowest BCUT2D eigenvalue weighted by Gasteiger charge is -2.36. The van der Waals surface area contributed by atoms with Crippen LogP contribution < -0.4 is 4.90 Å². The van der Waals surface area contributed by atoms with Gasteiger partial charge in [-0.25, -0.2) is 13.8 Å². The molecule has 0 radical (unpaired) electrons. The van der Waals surface area contributed by atoms with Crippen molar-refractivity contribution >= 4 is 16.7 Å². The van der Waals surface area contributed by atoms with Crippen LogP contribution in [0.3, 0.4) is 0 Å². The van der Waals surface area contributed by atoms with Crippen LogP contribution in [0, 0.1) is 18.6 Å². The van der Waals surface area contributed by atoms with Gasteiger partial charge < -0.3 is 9.47 Å². The van der Waals surface area contributed by atoms with Crippen molar-refractivity contribution in [1.29, 1.82) is 0 Å². The summed E-state index contributed by atoms with van der Waals surface area (Å²) in [4.78, 5) is 9.24. The van der Waals surface area contributed by atoms with E-state index in [-0.39, 0.29) is 11.6 Å². The molecule has 0 amide bonds. The van der Waals surface area contributed by atoms with Crippen molar-refractivity contribution in [2.75, 3.05) is 37.6 Å². The van der Waals surface area contributed by atoms with E-state index in [0.717, 1.165) is 68.2 Å². The molecule has 0 unspecified atom stereocenters. The SMILES string of the molecule is Cc1nc2cc(F)ccc2n1CCCN1CCN(c2ccc(F)cc2)CC1. The first kappa shape index (κ1) is 17.9. The van der Waals surface area contributed by atoms with Crippen molar-refractivity contribution in [1.82, 2.24) is 14.5 Å². The zero-order valence-electron chi connectivity index (χ0n) is 15.5. The summed E-state index contributed by atoms with van der Waals surface area (Å²) < 4.78 is 28.6. The van der Waals surface area contributed by atoms with Gasteiger partial charge in [0.05, 0.1) is 11.0 Å². The molecule has 0 bridgehead atoms. The standard InChI is InChI=1S/C21H24F2N4/c1-16-24-20-15-18(23)5-8-21(20)27(16)10-2-9-25-11-13-26(14-12-25)19-6-3-17(22)4-7-19/h3-8,15H,2,9-14H2,1H3. The van der Waals surface area contributed by atoms with E-state index >= 15 is 0 Å². The van der Waals surface area contributed by atoms with Crippen LogP contribution in [0.4, 0.5) is 14.5 Å². The Morgan fingerprint density at radius 2 is 1.59 bits per heavy atom. The molecule has 4 rings (SSSR count). The number of rotatable bonds is 5. The smallest absolute Gasteiger partial charge is 0.125 e. The average molecular weight is 370 g/mol. The molecule has 2 aromatic carbocycles. The van der Waals surface area contributed by atoms with Crippen molar-refractivity contribution in [3.05, 3.63) is 59.9 Å². The highest BCUT2D eigenvalue weighted by molar-refractivity contribution is 5.76. The summed E-state index contributed by atoms with van der Waals surface area (Å²) in [6, 6.07) is 11.5. The number of anilines is 1. The molecule has 1 aromatic heterocycles. The normalized spacial score (nSPS) is 15.6. The maximum Gasteiger partial charge on any atom is 0.125 e. The molecule has 6 heteroatoms. The van der Waals surface area contributed by atoms with E-state index in [4.69, 9.17) is 0 Å². The number of hydrogen-bond donors (Lipinski definition) is 0. The van der Waals surface area contributed by atoms with E-state index in [1.54, 1.807) is 0 Å². The Balaban J connectivity index is 1.29. The Hall–Kier alpha value is -2.47. The minimum atomic E-state index is -0.244. The van der Waals surface area contributed by atoms with Crippen LogP contribution >= 0.6 is 0 Å². The van der Waals surface area contributed by atoms with Crippen LogP contribution in [-0.4, -0.2) is 47.2 Å². The van der Waals surface area contributed by atoms with Crippen LogP contribution in [0.1, 0.15) is 12.2 Å². The predicted molar refractivity (Wildman–Crippen MR) is 104 cm³/mol. The molecule has 0 N–H and O–H groups in total. The van der Waals surface area contributed by atoms with E-state index in [9.17, 15) is 8.78 Å². The first-order valence-electron chi connectivity index (χ1n) is 9.45. The van der Waals surface area contributed by atoms with Gasteiger partial charge in [-0.3, -0.25) is 4.90 Å². The molecule has 2 heterocycles. The quantitative estimate of drug-likeness (QED) is 0.682. The fourth-order valence-electron chi connectivity index (χ4n) is 3.84. The third-order valence-corrected chi connectivity index (χ3v) is 5.32. The molecule has 0 spiro atoms. The third kappa shape index (κ3) is 3.95. The van der Waals surface area contributed by atoms with Crippen molar-refractivity contribution in [2.24, 2.45) is 0 Å². The second-order valence-electron chi connectivity index (χ2n) is 7.10. The van der Waals surface area contributed by atoms with Crippen LogP contribution in [-0.2, 0) is 6.54 Å². The van der Waals surface area contributed by atoms with Crippen LogP contribution in [0.2, 0.25) is 0 Å². The summed E-state index contributed by atoms with van der Waals surface area (Å²) in [6.07, 6.45) is 1.03. The van der Waals surface area contributed by atoms with E-state index in [2.05, 4.69) is 19.4 Å². The lowest BCUT2D eigenvalue weighted by molar-refractivity contribution is 0.250. The van der Waals surface area contributed by atoms with Gasteiger partial charge in [0.1, 0.15) is 17.5 Å². The first-order chi connectivity index (χ1) is 13.1. The molecule has 142 valence electrons. The molecule has 4 nitrogen and oxygen atoms in total. The fraction of sp³-hybridized carbons (Fsp3) is 0.381. The average Bonchev–Trinajstić information content (AvgIpc) is 2.97. The highest BCUT2D eigenvalue weighted by atomic mass is 19.1. The molecule has 1 aliphatic rings. The topological polar surface area (TPSA) is 24.3 Å². The summed E-state index contributed by atoms with van der Waals surface area (Å²) in [5.41, 5.74) is 2.80. The third-order valence-electron chi connectivity index (χ3n) is 5.32. The molecular formula is C21H24F2N4. The van der Waals surface area contributed by atoms with Crippen molar-refractivity contribution in [3.8, 4) is 0 Å². The molecule has 1 saturated heterocycles. The van der Waals surface area contributed by atoms with Crippen molar-refractivity contribution in [3.63, 3.8) is 0 Å². The van der Waals surface area contributed by atoms with Gasteiger partial charge in [-0.2, -0.15) is 0 Å². The van der Waals surface area contributed by atoms with E-state index in [1.165, 1.54) is 24.3 Å². The number of halogens is 2. The van der Waals surface area contributed by atoms with Crippen LogP contribution in [0.15, 0.2) is 42.5 Å². The Labute approximate surface area is 158 Å². The predicted octanol–water partition coefficient (Wildman–Crippen LogP) is 3.84. The highest BCUT2D eigenvalue weighted by Crippen LogP contribution is 2.19. The largest absolute Gasteiger partial charge is 0.369 e. The number of fused-ring (bicyclic) bond motifs is 1. The molecule has 0 atom stereocenters. The Kier molecular flexibility index (Phi) is 5.07. The van der Waals surface area contributed by atoms with Crippen molar-refractivity contribution in [2.45, 2.75) is 19.9 Å². The van der Waals surface area contributed by atoms with Gasteiger partial charge in [0.15, 0.2) is 0 Å². The summed E-state index contributed by atoms with van der Waals surface area (Å²) in [5, 5.41) is 0. The maximum absolute atomic E-state index is 13.4. The second-order valence-corrected chi connectivity index (χ2v) is 7.10. The van der Waals surface area contributed by atoms with Gasteiger partial charge in [-0.15, -0.1) is 0 Å². The van der Waals surface area contributed by atoms with Gasteiger partial charge in [0, 0.05) is 44.5 Å². The van der Waals surface area contributed by atoms with E-state index in [1.807, 2.05) is 25.1 Å². The Bertz CT molecular complexity index is 912. The fourth-order valence-corrected chi connectivity index (χ4v) is 3.84. The molecule has 27 heavy (non-hydrogen) atoms. The van der Waals surface area contributed by atoms with Crippen LogP contribution in [0.5, 0.6) is 0 Å². The summed E-state index contributed by atoms with van der Waals surface area (Å²) >= 11 is 0. The summed E-state index contributed by atoms with van der Waals surface area (Å²) in [5.74, 6) is 0.491. The highest BCUT2D eigenvalue weighted by Gasteiger charge is 2.17. The lowest BCUT2D eigenvalue weighted by Crippen LogP contribution is -2.46. The van der Waals surface area contributed by atoms with Gasteiger partial charge in [-0.1, -0.05) is 0 Å². The number of aromatic nitrogens is 2. The van der Waals surface area contributed by atoms with Crippen molar-refractivity contribution < 1.29 is 8.78 Å². The van der Waals surface area contributed by atoms with E-state index in [0.29, 0.717) is 0 Å². The molecule has 3 aromatic rings. The minimum Gasteiger partial charge on any atom is -0.369 e. The Morgan fingerprint density at radius 3 is 2.33 bits per heavy atom. The second kappa shape index (κ2) is 7.64. The number of hydrogen-bond acceptors (Lipinski definition) is 3. The number of nitrogens with zero attached hydrogens (tertiary/aromatic N) is 4. The van der Waals surface area contributed by atoms with Gasteiger partial charge in [0.25, 0.3) is 0 Å². The van der Waals surface area contributed by atoms with E-state index < -0.39 is 0 Å². The zero-order valence-corrected chi connectivity index (χ0v) is 15.5.